The van der Waals surface area contributed by atoms with Gasteiger partial charge in [0.2, 0.25) is 11.5 Å². The van der Waals surface area contributed by atoms with Crippen molar-refractivity contribution < 1.29 is 24.2 Å². The summed E-state index contributed by atoms with van der Waals surface area (Å²) in [6.07, 6.45) is 16.3. The maximum atomic E-state index is 14.0. The highest BCUT2D eigenvalue weighted by atomic mass is 35.5. The number of benzene rings is 1. The van der Waals surface area contributed by atoms with Crippen molar-refractivity contribution in [3.05, 3.63) is 82.3 Å². The largest absolute Gasteiger partial charge is 0.500 e. The Hall–Kier alpha value is -3.03. The normalized spacial score (nSPS) is 30.2. The Morgan fingerprint density at radius 2 is 2.03 bits per heavy atom. The van der Waals surface area contributed by atoms with E-state index in [9.17, 15) is 14.7 Å². The Balaban J connectivity index is 1.68. The van der Waals surface area contributed by atoms with Gasteiger partial charge in [0.1, 0.15) is 5.92 Å². The number of fused-ring (bicyclic) bond motifs is 3. The summed E-state index contributed by atoms with van der Waals surface area (Å²) in [6, 6.07) is 6.09. The second kappa shape index (κ2) is 11.2. The van der Waals surface area contributed by atoms with Crippen LogP contribution in [0.5, 0.6) is 0 Å². The Kier molecular flexibility index (Phi) is 7.92. The molecule has 2 aliphatic heterocycles. The third-order valence-electron chi connectivity index (χ3n) is 8.58. The maximum absolute atomic E-state index is 14.0. The zero-order chi connectivity index (χ0) is 27.6. The van der Waals surface area contributed by atoms with Crippen molar-refractivity contribution in [2.24, 2.45) is 5.92 Å². The van der Waals surface area contributed by atoms with Crippen LogP contribution in [0.1, 0.15) is 43.2 Å². The zero-order valence-corrected chi connectivity index (χ0v) is 23.5. The number of aliphatic hydroxyl groups is 1. The molecule has 0 saturated carbocycles. The number of carbonyl (C=O) groups is 2. The van der Waals surface area contributed by atoms with Gasteiger partial charge < -0.3 is 24.4 Å². The summed E-state index contributed by atoms with van der Waals surface area (Å²) in [5.74, 6) is -2.28. The summed E-state index contributed by atoms with van der Waals surface area (Å²) in [5.41, 5.74) is 0.860. The molecule has 1 amide bonds. The summed E-state index contributed by atoms with van der Waals surface area (Å²) in [7, 11) is 2.96. The van der Waals surface area contributed by atoms with Crippen molar-refractivity contribution in [3.8, 4) is 0 Å². The molecule has 2 bridgehead atoms. The van der Waals surface area contributed by atoms with Crippen molar-refractivity contribution in [3.63, 3.8) is 0 Å². The van der Waals surface area contributed by atoms with E-state index in [2.05, 4.69) is 23.1 Å². The van der Waals surface area contributed by atoms with E-state index in [0.717, 1.165) is 32.1 Å². The molecular weight excluding hydrogens is 516 g/mol. The summed E-state index contributed by atoms with van der Waals surface area (Å²) >= 11 is 6.38. The molecular formula is C31H37ClN2O5. The fraction of sp³-hybridized carbons (Fsp3) is 0.484. The van der Waals surface area contributed by atoms with Crippen LogP contribution in [0.4, 0.5) is 0 Å². The van der Waals surface area contributed by atoms with Gasteiger partial charge in [-0.1, -0.05) is 35.9 Å². The average Bonchev–Trinajstić information content (AvgIpc) is 3.20. The van der Waals surface area contributed by atoms with Crippen LogP contribution in [0.3, 0.4) is 0 Å². The Labute approximate surface area is 235 Å². The van der Waals surface area contributed by atoms with Gasteiger partial charge in [-0.2, -0.15) is 0 Å². The molecule has 3 atom stereocenters. The number of hydrogen-bond donors (Lipinski definition) is 1. The number of methoxy groups -OCH3 is 1. The van der Waals surface area contributed by atoms with E-state index in [-0.39, 0.29) is 11.3 Å². The number of nitrogens with zero attached hydrogens (tertiary/aromatic N) is 2. The number of rotatable bonds is 1. The highest BCUT2D eigenvalue weighted by Crippen LogP contribution is 2.46. The molecule has 1 aromatic rings. The highest BCUT2D eigenvalue weighted by Gasteiger charge is 2.58. The molecule has 0 fully saturated rings. The molecule has 1 N–H and O–H groups in total. The predicted octanol–water partition coefficient (Wildman–Crippen LogP) is 4.30. The first-order chi connectivity index (χ1) is 18.8. The van der Waals surface area contributed by atoms with Gasteiger partial charge in [0.15, 0.2) is 0 Å². The molecule has 4 aliphatic rings. The fourth-order valence-electron chi connectivity index (χ4n) is 6.58. The van der Waals surface area contributed by atoms with E-state index in [4.69, 9.17) is 21.1 Å². The van der Waals surface area contributed by atoms with Crippen molar-refractivity contribution in [2.75, 3.05) is 40.4 Å². The number of esters is 1. The first-order valence-electron chi connectivity index (χ1n) is 13.8. The lowest BCUT2D eigenvalue weighted by atomic mass is 9.69. The minimum atomic E-state index is -2.15. The molecule has 7 nitrogen and oxygen atoms in total. The summed E-state index contributed by atoms with van der Waals surface area (Å²) < 4.78 is 11.2. The molecule has 208 valence electrons. The lowest BCUT2D eigenvalue weighted by Crippen LogP contribution is -2.55. The van der Waals surface area contributed by atoms with Crippen molar-refractivity contribution in [2.45, 2.75) is 49.5 Å². The predicted molar refractivity (Wildman–Crippen MR) is 150 cm³/mol. The first-order valence-corrected chi connectivity index (χ1v) is 14.1. The highest BCUT2D eigenvalue weighted by molar-refractivity contribution is 6.30. The van der Waals surface area contributed by atoms with E-state index in [1.165, 1.54) is 18.2 Å². The number of allylic oxidation sites excluding steroid dienone is 3. The van der Waals surface area contributed by atoms with E-state index >= 15 is 0 Å². The first kappa shape index (κ1) is 27.5. The topological polar surface area (TPSA) is 79.3 Å². The average molecular weight is 553 g/mol. The molecule has 1 aromatic carbocycles. The number of aryl methyl sites for hydroxylation is 1. The zero-order valence-electron chi connectivity index (χ0n) is 22.7. The van der Waals surface area contributed by atoms with Gasteiger partial charge in [-0.3, -0.25) is 4.79 Å². The standard InChI is InChI=1S/C31H37ClN2O5/c1-33-15-6-4-3-5-7-16-34-20-30(14-8-10-22-18-24(32)12-13-25(22)30)21-39-17-9-11-23-19-26(34)27(28(33)35)31(23,37)29(36)38-2/h3-4,9,11-13,17-19,27,37H,5-8,10,14-16,20-21H2,1-2H3/b4-3+,17-9?,23-11?/t27?,30-,31+/m0/s1. The van der Waals surface area contributed by atoms with Crippen LogP contribution < -0.4 is 0 Å². The molecule has 5 rings (SSSR count). The van der Waals surface area contributed by atoms with Gasteiger partial charge in [-0.25, -0.2) is 4.79 Å². The SMILES string of the molecule is COC(=O)[C@@]1(O)C2=CC=COC[C@]3(CCCc4cc(Cl)ccc43)CN3CCC/C=C/CCN(C)C(=O)C1C3=C2. The van der Waals surface area contributed by atoms with Gasteiger partial charge >= 0.3 is 5.97 Å². The van der Waals surface area contributed by atoms with Crippen LogP contribution >= 0.6 is 11.6 Å². The Bertz CT molecular complexity index is 1250. The second-order valence-corrected chi connectivity index (χ2v) is 11.5. The van der Waals surface area contributed by atoms with Gasteiger partial charge in [0.05, 0.1) is 20.0 Å². The van der Waals surface area contributed by atoms with Crippen LogP contribution in [0.15, 0.2) is 66.1 Å². The van der Waals surface area contributed by atoms with Crippen molar-refractivity contribution in [1.82, 2.24) is 9.80 Å². The monoisotopic (exact) mass is 552 g/mol. The third-order valence-corrected chi connectivity index (χ3v) is 8.82. The number of carbonyl (C=O) groups excluding carboxylic acids is 2. The molecule has 39 heavy (non-hydrogen) atoms. The second-order valence-electron chi connectivity index (χ2n) is 11.0. The van der Waals surface area contributed by atoms with Crippen LogP contribution in [0.2, 0.25) is 5.02 Å². The molecule has 1 unspecified atom stereocenters. The van der Waals surface area contributed by atoms with Crippen LogP contribution in [0, 0.1) is 5.92 Å². The molecule has 2 heterocycles. The fourth-order valence-corrected chi connectivity index (χ4v) is 6.78. The van der Waals surface area contributed by atoms with Gasteiger partial charge in [-0.05, 0) is 79.5 Å². The minimum absolute atomic E-state index is 0.307. The summed E-state index contributed by atoms with van der Waals surface area (Å²) in [5, 5.41) is 12.8. The third kappa shape index (κ3) is 5.03. The van der Waals surface area contributed by atoms with E-state index < -0.39 is 17.5 Å². The smallest absolute Gasteiger partial charge is 0.343 e. The molecule has 8 heteroatoms. The molecule has 0 aromatic heterocycles. The number of ether oxygens (including phenoxy) is 2. The van der Waals surface area contributed by atoms with Crippen molar-refractivity contribution >= 4 is 23.5 Å². The van der Waals surface area contributed by atoms with E-state index in [0.29, 0.717) is 49.0 Å². The Morgan fingerprint density at radius 3 is 2.85 bits per heavy atom. The Morgan fingerprint density at radius 1 is 1.21 bits per heavy atom. The quantitative estimate of drug-likeness (QED) is 0.413. The lowest BCUT2D eigenvalue weighted by Gasteiger charge is -2.45. The minimum Gasteiger partial charge on any atom is -0.500 e. The van der Waals surface area contributed by atoms with Crippen LogP contribution in [-0.2, 0) is 30.9 Å². The van der Waals surface area contributed by atoms with Crippen LogP contribution in [-0.4, -0.2) is 72.8 Å². The molecule has 0 saturated heterocycles. The molecule has 1 spiro atoms. The number of hydrogen-bond acceptors (Lipinski definition) is 6. The molecule has 2 aliphatic carbocycles. The lowest BCUT2D eigenvalue weighted by molar-refractivity contribution is -0.166. The van der Waals surface area contributed by atoms with Gasteiger partial charge in [0.25, 0.3) is 0 Å². The van der Waals surface area contributed by atoms with Crippen LogP contribution in [0.25, 0.3) is 0 Å². The molecule has 0 radical (unpaired) electrons. The summed E-state index contributed by atoms with van der Waals surface area (Å²) in [6.45, 7) is 2.18. The van der Waals surface area contributed by atoms with Gasteiger partial charge in [-0.15, -0.1) is 0 Å². The number of amides is 1. The van der Waals surface area contributed by atoms with E-state index in [1.54, 1.807) is 30.4 Å². The maximum Gasteiger partial charge on any atom is 0.343 e. The summed E-state index contributed by atoms with van der Waals surface area (Å²) in [4.78, 5) is 31.1. The van der Waals surface area contributed by atoms with Gasteiger partial charge in [0, 0.05) is 42.8 Å². The number of halogens is 1. The van der Waals surface area contributed by atoms with E-state index in [1.807, 2.05) is 18.2 Å². The van der Waals surface area contributed by atoms with Crippen molar-refractivity contribution in [1.29, 1.82) is 0 Å².